The van der Waals surface area contributed by atoms with E-state index in [0.717, 1.165) is 35.5 Å². The van der Waals surface area contributed by atoms with Gasteiger partial charge in [-0.1, -0.05) is 12.1 Å². The van der Waals surface area contributed by atoms with E-state index in [0.29, 0.717) is 37.8 Å². The van der Waals surface area contributed by atoms with Gasteiger partial charge in [0.2, 0.25) is 5.91 Å². The number of nitrogens with zero attached hydrogens (tertiary/aromatic N) is 1. The van der Waals surface area contributed by atoms with Crippen molar-refractivity contribution in [2.75, 3.05) is 6.54 Å². The average Bonchev–Trinajstić information content (AvgIpc) is 3.07. The van der Waals surface area contributed by atoms with Crippen LogP contribution in [0.1, 0.15) is 49.3 Å². The van der Waals surface area contributed by atoms with Gasteiger partial charge in [0.05, 0.1) is 17.1 Å². The van der Waals surface area contributed by atoms with Crippen molar-refractivity contribution in [3.63, 3.8) is 0 Å². The highest BCUT2D eigenvalue weighted by Crippen LogP contribution is 2.33. The summed E-state index contributed by atoms with van der Waals surface area (Å²) < 4.78 is 27.5. The Hall–Kier alpha value is -2.96. The van der Waals surface area contributed by atoms with Crippen LogP contribution in [0.15, 0.2) is 41.2 Å². The van der Waals surface area contributed by atoms with Gasteiger partial charge in [-0.05, 0) is 55.9 Å². The molecule has 0 aliphatic carbocycles. The number of nitrogens with one attached hydrogen (secondary N) is 2. The molecule has 1 aliphatic rings. The molecular weight excluding hydrogens is 376 g/mol. The zero-order valence-electron chi connectivity index (χ0n) is 16.0. The second kappa shape index (κ2) is 8.19. The van der Waals surface area contributed by atoms with E-state index in [2.05, 4.69) is 9.97 Å². The molecule has 0 spiro atoms. The van der Waals surface area contributed by atoms with Crippen molar-refractivity contribution in [1.29, 1.82) is 0 Å². The van der Waals surface area contributed by atoms with Crippen molar-refractivity contribution >= 4 is 16.9 Å². The van der Waals surface area contributed by atoms with Crippen LogP contribution in [0.4, 0.5) is 8.78 Å². The number of hydrogen-bond acceptors (Lipinski definition) is 2. The van der Waals surface area contributed by atoms with Crippen LogP contribution in [0.3, 0.4) is 0 Å². The normalized spacial score (nSPS) is 17.0. The smallest absolute Gasteiger partial charge is 0.323 e. The number of benzene rings is 2. The summed E-state index contributed by atoms with van der Waals surface area (Å²) in [5, 5.41) is 0. The van der Waals surface area contributed by atoms with Crippen LogP contribution in [-0.2, 0) is 11.2 Å². The first-order valence-corrected chi connectivity index (χ1v) is 9.96. The van der Waals surface area contributed by atoms with Crippen LogP contribution in [0.25, 0.3) is 11.0 Å². The molecule has 5 nitrogen and oxygen atoms in total. The summed E-state index contributed by atoms with van der Waals surface area (Å²) >= 11 is 0. The van der Waals surface area contributed by atoms with Gasteiger partial charge in [0, 0.05) is 24.6 Å². The van der Waals surface area contributed by atoms with Gasteiger partial charge in [-0.3, -0.25) is 4.79 Å². The van der Waals surface area contributed by atoms with Gasteiger partial charge in [-0.2, -0.15) is 0 Å². The van der Waals surface area contributed by atoms with E-state index in [4.69, 9.17) is 0 Å². The fraction of sp³-hybridized carbons (Fsp3) is 0.364. The number of rotatable bonds is 5. The predicted octanol–water partition coefficient (Wildman–Crippen LogP) is 4.21. The number of fused-ring (bicyclic) bond motifs is 1. The Kier molecular flexibility index (Phi) is 5.47. The molecule has 1 aliphatic heterocycles. The Morgan fingerprint density at radius 1 is 1.07 bits per heavy atom. The number of carbonyl (C=O) groups excluding carboxylic acids is 1. The van der Waals surface area contributed by atoms with E-state index >= 15 is 0 Å². The molecule has 0 bridgehead atoms. The molecule has 1 atom stereocenters. The largest absolute Gasteiger partial charge is 0.336 e. The fourth-order valence-electron chi connectivity index (χ4n) is 4.15. The molecule has 0 saturated carbocycles. The third-order valence-corrected chi connectivity index (χ3v) is 5.58. The first-order chi connectivity index (χ1) is 14.0. The summed E-state index contributed by atoms with van der Waals surface area (Å²) in [5.41, 5.74) is 2.70. The molecule has 0 radical (unpaired) electrons. The quantitative estimate of drug-likeness (QED) is 0.675. The number of carbonyl (C=O) groups is 1. The highest BCUT2D eigenvalue weighted by molar-refractivity contribution is 5.77. The third kappa shape index (κ3) is 4.23. The molecule has 152 valence electrons. The lowest BCUT2D eigenvalue weighted by molar-refractivity contribution is -0.135. The highest BCUT2D eigenvalue weighted by atomic mass is 19.1. The summed E-state index contributed by atoms with van der Waals surface area (Å²) in [6, 6.07) is 8.95. The molecule has 4 rings (SSSR count). The zero-order valence-corrected chi connectivity index (χ0v) is 16.0. The second-order valence-electron chi connectivity index (χ2n) is 7.58. The minimum atomic E-state index is -0.610. The minimum absolute atomic E-state index is 0.00504. The minimum Gasteiger partial charge on any atom is -0.336 e. The number of hydrogen-bond donors (Lipinski definition) is 2. The van der Waals surface area contributed by atoms with E-state index in [1.54, 1.807) is 4.90 Å². The van der Waals surface area contributed by atoms with Crippen molar-refractivity contribution < 1.29 is 13.6 Å². The molecule has 2 heterocycles. The number of H-pyrrole nitrogens is 2. The van der Waals surface area contributed by atoms with Crippen LogP contribution in [0, 0.1) is 11.6 Å². The van der Waals surface area contributed by atoms with E-state index in [-0.39, 0.29) is 17.6 Å². The fourth-order valence-corrected chi connectivity index (χ4v) is 4.15. The van der Waals surface area contributed by atoms with Crippen LogP contribution in [0.5, 0.6) is 0 Å². The van der Waals surface area contributed by atoms with E-state index in [1.165, 1.54) is 12.1 Å². The van der Waals surface area contributed by atoms with Gasteiger partial charge in [0.25, 0.3) is 0 Å². The Balaban J connectivity index is 1.41. The predicted molar refractivity (Wildman–Crippen MR) is 107 cm³/mol. The van der Waals surface area contributed by atoms with Gasteiger partial charge in [0.15, 0.2) is 0 Å². The number of imidazole rings is 1. The van der Waals surface area contributed by atoms with Crippen molar-refractivity contribution in [2.45, 2.75) is 44.6 Å². The SMILES string of the molecule is O=C(CCCc1ccc2[nH]c(=O)[nH]c2c1)N1CCCCC1c1ccc(F)cc1F. The van der Waals surface area contributed by atoms with Crippen molar-refractivity contribution in [3.8, 4) is 0 Å². The second-order valence-corrected chi connectivity index (χ2v) is 7.58. The van der Waals surface area contributed by atoms with Crippen LogP contribution in [0.2, 0.25) is 0 Å². The molecule has 29 heavy (non-hydrogen) atoms. The number of amides is 1. The Morgan fingerprint density at radius 3 is 2.72 bits per heavy atom. The highest BCUT2D eigenvalue weighted by Gasteiger charge is 2.29. The molecule has 1 aromatic heterocycles. The number of likely N-dealkylation sites (tertiary alicyclic amines) is 1. The van der Waals surface area contributed by atoms with E-state index in [9.17, 15) is 18.4 Å². The lowest BCUT2D eigenvalue weighted by Gasteiger charge is -2.36. The first-order valence-electron chi connectivity index (χ1n) is 9.96. The topological polar surface area (TPSA) is 69.0 Å². The van der Waals surface area contributed by atoms with Gasteiger partial charge < -0.3 is 14.9 Å². The Labute approximate surface area is 166 Å². The van der Waals surface area contributed by atoms with Gasteiger partial charge >= 0.3 is 5.69 Å². The zero-order chi connectivity index (χ0) is 20.4. The lowest BCUT2D eigenvalue weighted by Crippen LogP contribution is -2.38. The average molecular weight is 399 g/mol. The molecule has 2 aromatic carbocycles. The molecule has 2 N–H and O–H groups in total. The number of piperidine rings is 1. The number of aromatic nitrogens is 2. The number of aromatic amines is 2. The van der Waals surface area contributed by atoms with E-state index < -0.39 is 11.6 Å². The molecule has 7 heteroatoms. The maximum absolute atomic E-state index is 14.3. The van der Waals surface area contributed by atoms with Crippen LogP contribution < -0.4 is 5.69 Å². The molecule has 3 aromatic rings. The Morgan fingerprint density at radius 2 is 1.90 bits per heavy atom. The summed E-state index contributed by atoms with van der Waals surface area (Å²) in [4.78, 5) is 31.4. The van der Waals surface area contributed by atoms with Crippen molar-refractivity contribution in [2.24, 2.45) is 0 Å². The van der Waals surface area contributed by atoms with Crippen molar-refractivity contribution in [3.05, 3.63) is 69.6 Å². The summed E-state index contributed by atoms with van der Waals surface area (Å²) in [5.74, 6) is -1.21. The van der Waals surface area contributed by atoms with Gasteiger partial charge in [-0.15, -0.1) is 0 Å². The Bertz CT molecular complexity index is 1090. The number of halogens is 2. The summed E-state index contributed by atoms with van der Waals surface area (Å²) in [7, 11) is 0. The summed E-state index contributed by atoms with van der Waals surface area (Å²) in [6.45, 7) is 0.594. The monoisotopic (exact) mass is 399 g/mol. The molecule has 1 saturated heterocycles. The van der Waals surface area contributed by atoms with Crippen molar-refractivity contribution in [1.82, 2.24) is 14.9 Å². The number of aryl methyl sites for hydroxylation is 1. The maximum Gasteiger partial charge on any atom is 0.323 e. The third-order valence-electron chi connectivity index (χ3n) is 5.58. The molecule has 1 unspecified atom stereocenters. The van der Waals surface area contributed by atoms with Gasteiger partial charge in [0.1, 0.15) is 11.6 Å². The van der Waals surface area contributed by atoms with Crippen LogP contribution in [-0.4, -0.2) is 27.3 Å². The molecule has 1 amide bonds. The first kappa shape index (κ1) is 19.4. The maximum atomic E-state index is 14.3. The summed E-state index contributed by atoms with van der Waals surface area (Å²) in [6.07, 6.45) is 4.22. The standard InChI is InChI=1S/C22H23F2N3O2/c23-15-8-9-16(17(24)13-15)20-5-1-2-11-27(20)21(28)6-3-4-14-7-10-18-19(12-14)26-22(29)25-18/h7-10,12-13,20H,1-6,11H2,(H2,25,26,29). The van der Waals surface area contributed by atoms with Crippen LogP contribution >= 0.6 is 0 Å². The lowest BCUT2D eigenvalue weighted by atomic mass is 9.94. The molecule has 1 fully saturated rings. The molecular formula is C22H23F2N3O2. The van der Waals surface area contributed by atoms with Gasteiger partial charge in [-0.25, -0.2) is 13.6 Å². The van der Waals surface area contributed by atoms with E-state index in [1.807, 2.05) is 18.2 Å².